The Labute approximate surface area is 53.6 Å². The molecule has 0 aromatic carbocycles. The third-order valence-electron chi connectivity index (χ3n) is 1.46. The van der Waals surface area contributed by atoms with Gasteiger partial charge in [0.05, 0.1) is 6.42 Å². The first-order valence-corrected chi connectivity index (χ1v) is 2.91. The third-order valence-corrected chi connectivity index (χ3v) is 1.46. The minimum Gasteiger partial charge on any atom is -0.368 e. The number of aliphatic hydroxyl groups is 1. The van der Waals surface area contributed by atoms with E-state index >= 15 is 0 Å². The molecule has 0 saturated carbocycles. The van der Waals surface area contributed by atoms with Crippen LogP contribution in [0.2, 0.25) is 0 Å². The number of carbonyl (C=O) groups is 1. The Bertz CT molecular complexity index is 139. The van der Waals surface area contributed by atoms with Crippen LogP contribution in [0, 0.1) is 0 Å². The van der Waals surface area contributed by atoms with E-state index < -0.39 is 11.9 Å². The van der Waals surface area contributed by atoms with Crippen LogP contribution >= 0.6 is 0 Å². The zero-order chi connectivity index (χ0) is 7.07. The number of Topliss-reactive ketones (excluding diaryl/α,β-unsaturated/α-hetero) is 1. The molecule has 1 fully saturated rings. The fraction of sp³-hybridized carbons (Fsp3) is 0.833. The van der Waals surface area contributed by atoms with E-state index in [2.05, 4.69) is 0 Å². The van der Waals surface area contributed by atoms with Gasteiger partial charge in [-0.1, -0.05) is 0 Å². The topological polar surface area (TPSA) is 46.5 Å². The lowest BCUT2D eigenvalue weighted by molar-refractivity contribution is -0.141. The molecule has 0 aromatic rings. The molecule has 0 spiro atoms. The standard InChI is InChI=1S/C6H10O3/c1-6(2)4(7)3-5(8)9-6/h5,8H,3H2,1-2H3. The summed E-state index contributed by atoms with van der Waals surface area (Å²) < 4.78 is 4.87. The summed E-state index contributed by atoms with van der Waals surface area (Å²) in [5.74, 6) is -0.0324. The van der Waals surface area contributed by atoms with Gasteiger partial charge in [0.1, 0.15) is 5.60 Å². The van der Waals surface area contributed by atoms with Crippen molar-refractivity contribution in [3.05, 3.63) is 0 Å². The molecule has 1 N–H and O–H groups in total. The number of hydrogen-bond donors (Lipinski definition) is 1. The molecule has 1 aliphatic rings. The van der Waals surface area contributed by atoms with Crippen molar-refractivity contribution in [2.75, 3.05) is 0 Å². The Hall–Kier alpha value is -0.410. The minimum atomic E-state index is -0.882. The molecule has 0 aliphatic carbocycles. The van der Waals surface area contributed by atoms with Gasteiger partial charge in [-0.15, -0.1) is 0 Å². The Kier molecular flexibility index (Phi) is 1.33. The van der Waals surface area contributed by atoms with Gasteiger partial charge in [0.2, 0.25) is 0 Å². The van der Waals surface area contributed by atoms with Crippen molar-refractivity contribution in [1.82, 2.24) is 0 Å². The van der Waals surface area contributed by atoms with E-state index in [1.807, 2.05) is 0 Å². The Morgan fingerprint density at radius 3 is 2.44 bits per heavy atom. The summed E-state index contributed by atoms with van der Waals surface area (Å²) in [6.45, 7) is 3.32. The van der Waals surface area contributed by atoms with Gasteiger partial charge in [0.15, 0.2) is 12.1 Å². The summed E-state index contributed by atoms with van der Waals surface area (Å²) in [5.41, 5.74) is -0.764. The average molecular weight is 130 g/mol. The fourth-order valence-corrected chi connectivity index (χ4v) is 0.852. The normalized spacial score (nSPS) is 33.2. The summed E-state index contributed by atoms with van der Waals surface area (Å²) in [4.78, 5) is 10.8. The maximum absolute atomic E-state index is 10.8. The maximum atomic E-state index is 10.8. The molecule has 1 aliphatic heterocycles. The van der Waals surface area contributed by atoms with E-state index in [0.717, 1.165) is 0 Å². The highest BCUT2D eigenvalue weighted by Crippen LogP contribution is 2.23. The number of rotatable bonds is 0. The summed E-state index contributed by atoms with van der Waals surface area (Å²) in [7, 11) is 0. The lowest BCUT2D eigenvalue weighted by Gasteiger charge is -2.13. The lowest BCUT2D eigenvalue weighted by Crippen LogP contribution is -2.27. The van der Waals surface area contributed by atoms with E-state index in [1.54, 1.807) is 13.8 Å². The first kappa shape index (κ1) is 6.71. The van der Waals surface area contributed by atoms with Crippen LogP contribution < -0.4 is 0 Å². The number of carbonyl (C=O) groups excluding carboxylic acids is 1. The SMILES string of the molecule is CC1(C)OC(O)CC1=O. The van der Waals surface area contributed by atoms with Crippen LogP contribution in [-0.2, 0) is 9.53 Å². The highest BCUT2D eigenvalue weighted by atomic mass is 16.6. The molecular formula is C6H10O3. The molecule has 1 saturated heterocycles. The van der Waals surface area contributed by atoms with Gasteiger partial charge >= 0.3 is 0 Å². The molecular weight excluding hydrogens is 120 g/mol. The molecule has 3 heteroatoms. The van der Waals surface area contributed by atoms with Gasteiger partial charge in [0.25, 0.3) is 0 Å². The number of aliphatic hydroxyl groups excluding tert-OH is 1. The van der Waals surface area contributed by atoms with Crippen molar-refractivity contribution in [3.63, 3.8) is 0 Å². The lowest BCUT2D eigenvalue weighted by atomic mass is 10.0. The van der Waals surface area contributed by atoms with Gasteiger partial charge in [0, 0.05) is 0 Å². The Morgan fingerprint density at radius 1 is 1.78 bits per heavy atom. The maximum Gasteiger partial charge on any atom is 0.169 e. The second kappa shape index (κ2) is 1.78. The molecule has 1 unspecified atom stereocenters. The van der Waals surface area contributed by atoms with Crippen LogP contribution in [0.25, 0.3) is 0 Å². The van der Waals surface area contributed by atoms with E-state index in [9.17, 15) is 4.79 Å². The molecule has 1 atom stereocenters. The van der Waals surface area contributed by atoms with Crippen molar-refractivity contribution in [1.29, 1.82) is 0 Å². The summed E-state index contributed by atoms with van der Waals surface area (Å²) in [6, 6.07) is 0. The van der Waals surface area contributed by atoms with Crippen LogP contribution in [0.4, 0.5) is 0 Å². The largest absolute Gasteiger partial charge is 0.368 e. The molecule has 0 aromatic heterocycles. The Balaban J connectivity index is 2.70. The second-order valence-corrected chi connectivity index (χ2v) is 2.71. The van der Waals surface area contributed by atoms with Crippen molar-refractivity contribution in [2.45, 2.75) is 32.2 Å². The number of hydrogen-bond acceptors (Lipinski definition) is 3. The van der Waals surface area contributed by atoms with Gasteiger partial charge in [-0.25, -0.2) is 0 Å². The second-order valence-electron chi connectivity index (χ2n) is 2.71. The van der Waals surface area contributed by atoms with Gasteiger partial charge < -0.3 is 9.84 Å². The van der Waals surface area contributed by atoms with Crippen molar-refractivity contribution in [3.8, 4) is 0 Å². The first-order chi connectivity index (χ1) is 4.02. The molecule has 0 radical (unpaired) electrons. The molecule has 0 amide bonds. The molecule has 1 rings (SSSR count). The molecule has 9 heavy (non-hydrogen) atoms. The molecule has 3 nitrogen and oxygen atoms in total. The molecule has 52 valence electrons. The van der Waals surface area contributed by atoms with E-state index in [0.29, 0.717) is 0 Å². The predicted octanol–water partition coefficient (Wildman–Crippen LogP) is 0.0728. The fourth-order valence-electron chi connectivity index (χ4n) is 0.852. The van der Waals surface area contributed by atoms with Crippen molar-refractivity contribution < 1.29 is 14.6 Å². The zero-order valence-corrected chi connectivity index (χ0v) is 5.55. The summed E-state index contributed by atoms with van der Waals surface area (Å²) >= 11 is 0. The smallest absolute Gasteiger partial charge is 0.169 e. The van der Waals surface area contributed by atoms with Crippen molar-refractivity contribution in [2.24, 2.45) is 0 Å². The highest BCUT2D eigenvalue weighted by Gasteiger charge is 2.39. The van der Waals surface area contributed by atoms with Gasteiger partial charge in [-0.3, -0.25) is 4.79 Å². The third kappa shape index (κ3) is 1.11. The van der Waals surface area contributed by atoms with Gasteiger partial charge in [-0.2, -0.15) is 0 Å². The van der Waals surface area contributed by atoms with E-state index in [1.165, 1.54) is 0 Å². The van der Waals surface area contributed by atoms with E-state index in [-0.39, 0.29) is 12.2 Å². The predicted molar refractivity (Wildman–Crippen MR) is 30.8 cm³/mol. The summed E-state index contributed by atoms with van der Waals surface area (Å²) in [6.07, 6.45) is -0.750. The monoisotopic (exact) mass is 130 g/mol. The minimum absolute atomic E-state index is 0.0324. The van der Waals surface area contributed by atoms with Crippen LogP contribution in [-0.4, -0.2) is 22.8 Å². The van der Waals surface area contributed by atoms with Crippen LogP contribution in [0.15, 0.2) is 0 Å². The van der Waals surface area contributed by atoms with Crippen LogP contribution in [0.3, 0.4) is 0 Å². The Morgan fingerprint density at radius 2 is 2.33 bits per heavy atom. The van der Waals surface area contributed by atoms with Crippen LogP contribution in [0.1, 0.15) is 20.3 Å². The first-order valence-electron chi connectivity index (χ1n) is 2.91. The number of ketones is 1. The quantitative estimate of drug-likeness (QED) is 0.505. The molecule has 1 heterocycles. The zero-order valence-electron chi connectivity index (χ0n) is 5.55. The number of ether oxygens (including phenoxy) is 1. The van der Waals surface area contributed by atoms with E-state index in [4.69, 9.17) is 9.84 Å². The highest BCUT2D eigenvalue weighted by molar-refractivity contribution is 5.88. The van der Waals surface area contributed by atoms with Crippen LogP contribution in [0.5, 0.6) is 0 Å². The average Bonchev–Trinajstić information content (AvgIpc) is 1.79. The van der Waals surface area contributed by atoms with Crippen molar-refractivity contribution >= 4 is 5.78 Å². The summed E-state index contributed by atoms with van der Waals surface area (Å²) in [5, 5.41) is 8.79. The van der Waals surface area contributed by atoms with Gasteiger partial charge in [-0.05, 0) is 13.8 Å². The molecule has 0 bridgehead atoms.